The van der Waals surface area contributed by atoms with E-state index in [0.29, 0.717) is 0 Å². The molecule has 1 N–H and O–H groups in total. The molecule has 0 bridgehead atoms. The van der Waals surface area contributed by atoms with E-state index in [4.69, 9.17) is 11.6 Å². The third-order valence-corrected chi connectivity index (χ3v) is 2.84. The third kappa shape index (κ3) is 1.32. The van der Waals surface area contributed by atoms with E-state index in [1.165, 1.54) is 0 Å². The van der Waals surface area contributed by atoms with Crippen LogP contribution in [0.1, 0.15) is 5.56 Å². The average Bonchev–Trinajstić information content (AvgIpc) is 2.50. The van der Waals surface area contributed by atoms with Gasteiger partial charge in [-0.1, -0.05) is 41.9 Å². The fourth-order valence-corrected chi connectivity index (χ4v) is 1.66. The van der Waals surface area contributed by atoms with Crippen molar-refractivity contribution in [3.05, 3.63) is 48.2 Å². The van der Waals surface area contributed by atoms with E-state index in [9.17, 15) is 0 Å². The maximum absolute atomic E-state index is 6.42. The van der Waals surface area contributed by atoms with Crippen LogP contribution in [0.15, 0.2) is 42.6 Å². The van der Waals surface area contributed by atoms with Gasteiger partial charge in [0.15, 0.2) is 5.00 Å². The lowest BCUT2D eigenvalue weighted by molar-refractivity contribution is 0.222. The second-order valence-electron chi connectivity index (χ2n) is 3.06. The van der Waals surface area contributed by atoms with E-state index in [2.05, 4.69) is 5.43 Å². The Bertz CT molecular complexity index is 323. The number of likely N-dealkylation sites (N-methyl/N-ethyl adjacent to an activating group) is 1. The number of nitrogens with one attached hydrogen (secondary N) is 1. The molecule has 1 aliphatic rings. The number of hydrogen-bond acceptors (Lipinski definition) is 2. The molecule has 0 saturated heterocycles. The maximum atomic E-state index is 6.42. The van der Waals surface area contributed by atoms with Crippen molar-refractivity contribution in [1.29, 1.82) is 0 Å². The molecule has 1 heterocycles. The zero-order valence-electron chi connectivity index (χ0n) is 7.37. The highest BCUT2D eigenvalue weighted by Crippen LogP contribution is 2.34. The van der Waals surface area contributed by atoms with Crippen molar-refractivity contribution in [2.45, 2.75) is 5.00 Å². The highest BCUT2D eigenvalue weighted by Gasteiger charge is 2.34. The number of hydrogen-bond donors (Lipinski definition) is 1. The number of alkyl halides is 1. The number of benzene rings is 1. The van der Waals surface area contributed by atoms with E-state index in [-0.39, 0.29) is 0 Å². The number of hydrazine groups is 1. The largest absolute Gasteiger partial charge is 0.324 e. The van der Waals surface area contributed by atoms with Crippen LogP contribution in [-0.2, 0) is 5.00 Å². The lowest BCUT2D eigenvalue weighted by atomic mass is 10.1. The van der Waals surface area contributed by atoms with Crippen LogP contribution >= 0.6 is 11.6 Å². The molecule has 13 heavy (non-hydrogen) atoms. The summed E-state index contributed by atoms with van der Waals surface area (Å²) < 4.78 is 0. The zero-order chi connectivity index (χ0) is 9.31. The lowest BCUT2D eigenvalue weighted by Crippen LogP contribution is -2.39. The van der Waals surface area contributed by atoms with E-state index in [1.54, 1.807) is 0 Å². The third-order valence-electron chi connectivity index (χ3n) is 2.24. The topological polar surface area (TPSA) is 15.3 Å². The van der Waals surface area contributed by atoms with Crippen LogP contribution in [0.25, 0.3) is 0 Å². The van der Waals surface area contributed by atoms with Crippen LogP contribution in [0.5, 0.6) is 0 Å². The van der Waals surface area contributed by atoms with Gasteiger partial charge in [-0.2, -0.15) is 5.01 Å². The predicted octanol–water partition coefficient (Wildman–Crippen LogP) is 2.04. The Morgan fingerprint density at radius 1 is 1.31 bits per heavy atom. The van der Waals surface area contributed by atoms with Crippen molar-refractivity contribution in [2.24, 2.45) is 0 Å². The summed E-state index contributed by atoms with van der Waals surface area (Å²) in [5.41, 5.74) is 4.10. The minimum Gasteiger partial charge on any atom is -0.324 e. The minimum atomic E-state index is -0.540. The van der Waals surface area contributed by atoms with Gasteiger partial charge in [-0.05, 0) is 11.6 Å². The van der Waals surface area contributed by atoms with Crippen molar-refractivity contribution in [3.63, 3.8) is 0 Å². The summed E-state index contributed by atoms with van der Waals surface area (Å²) in [4.78, 5) is -0.540. The monoisotopic (exact) mass is 194 g/mol. The van der Waals surface area contributed by atoms with Gasteiger partial charge in [-0.25, -0.2) is 0 Å². The van der Waals surface area contributed by atoms with Gasteiger partial charge in [0, 0.05) is 13.2 Å². The molecule has 0 amide bonds. The summed E-state index contributed by atoms with van der Waals surface area (Å²) in [5, 5.41) is 1.86. The second kappa shape index (κ2) is 3.05. The first-order valence-corrected chi connectivity index (χ1v) is 4.53. The van der Waals surface area contributed by atoms with Crippen molar-refractivity contribution in [2.75, 3.05) is 7.05 Å². The molecule has 1 atom stereocenters. The quantitative estimate of drug-likeness (QED) is 0.544. The number of rotatable bonds is 1. The molecule has 0 spiro atoms. The highest BCUT2D eigenvalue weighted by molar-refractivity contribution is 6.25. The molecule has 1 unspecified atom stereocenters. The van der Waals surface area contributed by atoms with Crippen LogP contribution in [0, 0.1) is 0 Å². The maximum Gasteiger partial charge on any atom is 0.158 e. The molecule has 3 heteroatoms. The molecule has 0 saturated carbocycles. The van der Waals surface area contributed by atoms with Crippen molar-refractivity contribution in [3.8, 4) is 0 Å². The first kappa shape index (κ1) is 8.60. The first-order chi connectivity index (χ1) is 6.23. The summed E-state index contributed by atoms with van der Waals surface area (Å²) >= 11 is 6.42. The Labute approximate surface area is 82.8 Å². The van der Waals surface area contributed by atoms with Gasteiger partial charge >= 0.3 is 0 Å². The molecule has 1 aliphatic heterocycles. The number of halogens is 1. The summed E-state index contributed by atoms with van der Waals surface area (Å²) in [7, 11) is 1.92. The summed E-state index contributed by atoms with van der Waals surface area (Å²) in [6.07, 6.45) is 3.78. The summed E-state index contributed by atoms with van der Waals surface area (Å²) in [6, 6.07) is 9.98. The Balaban J connectivity index is 2.40. The molecule has 68 valence electrons. The van der Waals surface area contributed by atoms with E-state index in [1.807, 2.05) is 54.7 Å². The number of nitrogens with zero attached hydrogens (tertiary/aromatic N) is 1. The van der Waals surface area contributed by atoms with Crippen LogP contribution in [0.3, 0.4) is 0 Å². The molecule has 0 aliphatic carbocycles. The molecule has 0 radical (unpaired) electrons. The smallest absolute Gasteiger partial charge is 0.158 e. The Morgan fingerprint density at radius 3 is 2.54 bits per heavy atom. The molecular weight excluding hydrogens is 184 g/mol. The molecule has 1 aromatic rings. The average molecular weight is 195 g/mol. The Morgan fingerprint density at radius 2 is 2.00 bits per heavy atom. The molecule has 0 aromatic heterocycles. The second-order valence-corrected chi connectivity index (χ2v) is 3.64. The van der Waals surface area contributed by atoms with Crippen molar-refractivity contribution >= 4 is 11.6 Å². The Hall–Kier alpha value is -0.990. The van der Waals surface area contributed by atoms with Crippen LogP contribution in [-0.4, -0.2) is 12.1 Å². The fraction of sp³-hybridized carbons (Fsp3) is 0.200. The zero-order valence-corrected chi connectivity index (χ0v) is 8.12. The van der Waals surface area contributed by atoms with Gasteiger partial charge in [-0.15, -0.1) is 0 Å². The molecule has 1 aromatic carbocycles. The predicted molar refractivity (Wildman–Crippen MR) is 54.0 cm³/mol. The standard InChI is InChI=1S/C10H11ClN2/c1-13-10(11,7-8-12-13)9-5-3-2-4-6-9/h2-8,12H,1H3. The first-order valence-electron chi connectivity index (χ1n) is 4.15. The minimum absolute atomic E-state index is 0.540. The van der Waals surface area contributed by atoms with Crippen molar-refractivity contribution in [1.82, 2.24) is 10.4 Å². The molecule has 2 nitrogen and oxygen atoms in total. The fourth-order valence-electron chi connectivity index (χ4n) is 1.43. The van der Waals surface area contributed by atoms with Gasteiger partial charge in [0.25, 0.3) is 0 Å². The molecule has 2 rings (SSSR count). The van der Waals surface area contributed by atoms with Gasteiger partial charge in [0.05, 0.1) is 0 Å². The Kier molecular flexibility index (Phi) is 2.02. The van der Waals surface area contributed by atoms with Crippen LogP contribution in [0.2, 0.25) is 0 Å². The molecule has 0 fully saturated rings. The van der Waals surface area contributed by atoms with E-state index in [0.717, 1.165) is 5.56 Å². The lowest BCUT2D eigenvalue weighted by Gasteiger charge is -2.28. The molecular formula is C10H11ClN2. The summed E-state index contributed by atoms with van der Waals surface area (Å²) in [6.45, 7) is 0. The van der Waals surface area contributed by atoms with Crippen LogP contribution < -0.4 is 5.43 Å². The van der Waals surface area contributed by atoms with E-state index >= 15 is 0 Å². The van der Waals surface area contributed by atoms with Crippen LogP contribution in [0.4, 0.5) is 0 Å². The SMILES string of the molecule is CN1NC=CC1(Cl)c1ccccc1. The van der Waals surface area contributed by atoms with Gasteiger partial charge < -0.3 is 5.43 Å². The summed E-state index contributed by atoms with van der Waals surface area (Å²) in [5.74, 6) is 0. The van der Waals surface area contributed by atoms with Gasteiger partial charge in [-0.3, -0.25) is 0 Å². The van der Waals surface area contributed by atoms with Crippen molar-refractivity contribution < 1.29 is 0 Å². The van der Waals surface area contributed by atoms with E-state index < -0.39 is 5.00 Å². The normalized spacial score (nSPS) is 27.5. The van der Waals surface area contributed by atoms with Gasteiger partial charge in [0.1, 0.15) is 0 Å². The van der Waals surface area contributed by atoms with Gasteiger partial charge in [0.2, 0.25) is 0 Å². The highest BCUT2D eigenvalue weighted by atomic mass is 35.5.